The number of nitrogens with one attached hydrogen (secondary N) is 1. The van der Waals surface area contributed by atoms with Crippen molar-refractivity contribution in [1.82, 2.24) is 10.3 Å². The molecule has 1 saturated heterocycles. The van der Waals surface area contributed by atoms with Crippen LogP contribution in [0.15, 0.2) is 66.9 Å². The molecule has 4 rings (SSSR count). The first-order valence-electron chi connectivity index (χ1n) is 8.05. The van der Waals surface area contributed by atoms with Gasteiger partial charge in [0, 0.05) is 11.2 Å². The van der Waals surface area contributed by atoms with Gasteiger partial charge in [0.25, 0.3) is 0 Å². The molecule has 1 aliphatic heterocycles. The Balaban J connectivity index is 1.69. The van der Waals surface area contributed by atoms with Crippen LogP contribution in [-0.4, -0.2) is 11.1 Å². The highest BCUT2D eigenvalue weighted by Crippen LogP contribution is 2.37. The molecule has 130 valence electrons. The first kappa shape index (κ1) is 16.5. The molecule has 3 aromatic rings. The summed E-state index contributed by atoms with van der Waals surface area (Å²) >= 11 is 5.95. The van der Waals surface area contributed by atoms with E-state index >= 15 is 0 Å². The minimum absolute atomic E-state index is 0.342. The van der Waals surface area contributed by atoms with Crippen LogP contribution in [-0.2, 0) is 4.74 Å². The van der Waals surface area contributed by atoms with Crippen LogP contribution in [0.1, 0.15) is 23.4 Å². The number of aromatic nitrogens is 1. The molecule has 0 aliphatic carbocycles. The van der Waals surface area contributed by atoms with Crippen LogP contribution in [0.25, 0.3) is 11.1 Å². The van der Waals surface area contributed by atoms with Gasteiger partial charge in [-0.1, -0.05) is 35.9 Å². The number of carbonyl (C=O) groups is 1. The Kier molecular flexibility index (Phi) is 4.31. The number of rotatable bonds is 3. The monoisotopic (exact) mass is 368 g/mol. The molecular formula is C20H14ClFN2O2. The van der Waals surface area contributed by atoms with Crippen LogP contribution in [0.2, 0.25) is 5.02 Å². The molecule has 6 heteroatoms. The number of hydrogen-bond donors (Lipinski definition) is 1. The summed E-state index contributed by atoms with van der Waals surface area (Å²) in [6.07, 6.45) is 0.588. The van der Waals surface area contributed by atoms with Crippen molar-refractivity contribution in [1.29, 1.82) is 0 Å². The zero-order valence-electron chi connectivity index (χ0n) is 13.5. The molecule has 1 amide bonds. The number of cyclic esters (lactones) is 1. The lowest BCUT2D eigenvalue weighted by Gasteiger charge is -2.17. The largest absolute Gasteiger partial charge is 0.439 e. The Morgan fingerprint density at radius 2 is 1.73 bits per heavy atom. The van der Waals surface area contributed by atoms with Crippen molar-refractivity contribution in [3.8, 4) is 11.1 Å². The van der Waals surface area contributed by atoms with Crippen LogP contribution >= 0.6 is 11.6 Å². The summed E-state index contributed by atoms with van der Waals surface area (Å²) in [4.78, 5) is 16.2. The van der Waals surface area contributed by atoms with Crippen molar-refractivity contribution < 1.29 is 13.9 Å². The predicted molar refractivity (Wildman–Crippen MR) is 96.2 cm³/mol. The molecule has 2 heterocycles. The minimum Gasteiger partial charge on any atom is -0.439 e. The third kappa shape index (κ3) is 3.26. The maximum atomic E-state index is 13.2. The average Bonchev–Trinajstić information content (AvgIpc) is 3.05. The van der Waals surface area contributed by atoms with Crippen LogP contribution in [0.3, 0.4) is 0 Å². The smallest absolute Gasteiger partial charge is 0.408 e. The van der Waals surface area contributed by atoms with Crippen LogP contribution in [0, 0.1) is 5.82 Å². The van der Waals surface area contributed by atoms with E-state index in [0.29, 0.717) is 16.3 Å². The zero-order valence-corrected chi connectivity index (χ0v) is 14.3. The van der Waals surface area contributed by atoms with Crippen LogP contribution < -0.4 is 5.32 Å². The number of benzene rings is 2. The van der Waals surface area contributed by atoms with E-state index in [1.807, 2.05) is 36.4 Å². The second kappa shape index (κ2) is 6.77. The highest BCUT2D eigenvalue weighted by Gasteiger charge is 2.37. The highest BCUT2D eigenvalue weighted by atomic mass is 35.5. The molecule has 1 aromatic heterocycles. The number of alkyl carbamates (subject to hydrolysis) is 1. The van der Waals surface area contributed by atoms with Gasteiger partial charge in [-0.25, -0.2) is 9.18 Å². The quantitative estimate of drug-likeness (QED) is 0.702. The van der Waals surface area contributed by atoms with Gasteiger partial charge < -0.3 is 10.1 Å². The van der Waals surface area contributed by atoms with E-state index in [2.05, 4.69) is 10.3 Å². The van der Waals surface area contributed by atoms with Crippen molar-refractivity contribution in [3.05, 3.63) is 89.0 Å². The van der Waals surface area contributed by atoms with E-state index in [1.54, 1.807) is 18.3 Å². The topological polar surface area (TPSA) is 51.2 Å². The van der Waals surface area contributed by atoms with Gasteiger partial charge >= 0.3 is 6.09 Å². The van der Waals surface area contributed by atoms with E-state index < -0.39 is 18.2 Å². The lowest BCUT2D eigenvalue weighted by Crippen LogP contribution is -2.20. The lowest BCUT2D eigenvalue weighted by molar-refractivity contribution is 0.132. The second-order valence-corrected chi connectivity index (χ2v) is 6.41. The van der Waals surface area contributed by atoms with E-state index in [-0.39, 0.29) is 5.82 Å². The van der Waals surface area contributed by atoms with Gasteiger partial charge in [-0.05, 0) is 53.1 Å². The molecule has 26 heavy (non-hydrogen) atoms. The molecule has 1 fully saturated rings. The standard InChI is InChI=1S/C20H14ClFN2O2/c21-15-5-1-12(2-6-15)14-9-10-23-17(11-14)18-19(26-20(25)24-18)13-3-7-16(22)8-4-13/h1-11,18-19H,(H,24,25)/t18-,19-/m1/s1. The molecule has 0 radical (unpaired) electrons. The SMILES string of the molecule is O=C1N[C@H](c2cc(-c3ccc(Cl)cc3)ccn2)[C@@H](c2ccc(F)cc2)O1. The second-order valence-electron chi connectivity index (χ2n) is 5.98. The number of amides is 1. The summed E-state index contributed by atoms with van der Waals surface area (Å²) in [6, 6.07) is 16.7. The molecule has 0 spiro atoms. The van der Waals surface area contributed by atoms with Crippen molar-refractivity contribution in [3.63, 3.8) is 0 Å². The summed E-state index contributed by atoms with van der Waals surface area (Å²) < 4.78 is 18.6. The summed E-state index contributed by atoms with van der Waals surface area (Å²) in [7, 11) is 0. The van der Waals surface area contributed by atoms with Gasteiger partial charge in [0.2, 0.25) is 0 Å². The molecule has 0 unspecified atom stereocenters. The van der Waals surface area contributed by atoms with Gasteiger partial charge in [-0.2, -0.15) is 0 Å². The summed E-state index contributed by atoms with van der Waals surface area (Å²) in [5.41, 5.74) is 3.30. The number of nitrogens with zero attached hydrogens (tertiary/aromatic N) is 1. The molecule has 2 atom stereocenters. The number of pyridine rings is 1. The fourth-order valence-corrected chi connectivity index (χ4v) is 3.13. The molecule has 1 N–H and O–H groups in total. The van der Waals surface area contributed by atoms with Crippen molar-refractivity contribution in [2.75, 3.05) is 0 Å². The Morgan fingerprint density at radius 3 is 2.46 bits per heavy atom. The molecule has 4 nitrogen and oxygen atoms in total. The maximum absolute atomic E-state index is 13.2. The number of halogens is 2. The fourth-order valence-electron chi connectivity index (χ4n) is 3.00. The van der Waals surface area contributed by atoms with Gasteiger partial charge in [-0.15, -0.1) is 0 Å². The molecule has 0 bridgehead atoms. The molecule has 2 aromatic carbocycles. The highest BCUT2D eigenvalue weighted by molar-refractivity contribution is 6.30. The van der Waals surface area contributed by atoms with E-state index in [4.69, 9.17) is 16.3 Å². The Bertz CT molecular complexity index is 945. The van der Waals surface area contributed by atoms with E-state index in [9.17, 15) is 9.18 Å². The minimum atomic E-state index is -0.573. The molecular weight excluding hydrogens is 355 g/mol. The van der Waals surface area contributed by atoms with E-state index in [0.717, 1.165) is 11.1 Å². The number of carbonyl (C=O) groups excluding carboxylic acids is 1. The van der Waals surface area contributed by atoms with Crippen molar-refractivity contribution in [2.45, 2.75) is 12.1 Å². The summed E-state index contributed by atoms with van der Waals surface area (Å²) in [5.74, 6) is -0.342. The first-order chi connectivity index (χ1) is 12.6. The Labute approximate surface area is 154 Å². The zero-order chi connectivity index (χ0) is 18.1. The van der Waals surface area contributed by atoms with E-state index in [1.165, 1.54) is 12.1 Å². The Hall–Kier alpha value is -2.92. The van der Waals surface area contributed by atoms with Crippen LogP contribution in [0.5, 0.6) is 0 Å². The van der Waals surface area contributed by atoms with Gasteiger partial charge in [-0.3, -0.25) is 4.98 Å². The normalized spacial score (nSPS) is 19.1. The third-order valence-electron chi connectivity index (χ3n) is 4.29. The molecule has 1 aliphatic rings. The van der Waals surface area contributed by atoms with Crippen molar-refractivity contribution in [2.24, 2.45) is 0 Å². The van der Waals surface area contributed by atoms with Gasteiger partial charge in [0.1, 0.15) is 11.9 Å². The fraction of sp³-hybridized carbons (Fsp3) is 0.100. The summed E-state index contributed by atoms with van der Waals surface area (Å²) in [5, 5.41) is 3.45. The first-order valence-corrected chi connectivity index (χ1v) is 8.42. The number of ether oxygens (including phenoxy) is 1. The molecule has 0 saturated carbocycles. The Morgan fingerprint density at radius 1 is 1.00 bits per heavy atom. The predicted octanol–water partition coefficient (Wildman–Crippen LogP) is 5.06. The lowest BCUT2D eigenvalue weighted by atomic mass is 9.97. The number of hydrogen-bond acceptors (Lipinski definition) is 3. The third-order valence-corrected chi connectivity index (χ3v) is 4.54. The van der Waals surface area contributed by atoms with Gasteiger partial charge in [0.15, 0.2) is 6.10 Å². The summed E-state index contributed by atoms with van der Waals surface area (Å²) in [6.45, 7) is 0. The maximum Gasteiger partial charge on any atom is 0.408 e. The van der Waals surface area contributed by atoms with Gasteiger partial charge in [0.05, 0.1) is 5.69 Å². The van der Waals surface area contributed by atoms with Crippen molar-refractivity contribution >= 4 is 17.7 Å². The van der Waals surface area contributed by atoms with Crippen LogP contribution in [0.4, 0.5) is 9.18 Å². The average molecular weight is 369 g/mol.